The summed E-state index contributed by atoms with van der Waals surface area (Å²) in [4.78, 5) is 0. The van der Waals surface area contributed by atoms with Crippen LogP contribution in [0.15, 0.2) is 18.2 Å². The van der Waals surface area contributed by atoms with E-state index in [1.807, 2.05) is 0 Å². The number of aryl methyl sites for hydroxylation is 1. The van der Waals surface area contributed by atoms with Gasteiger partial charge in [0.15, 0.2) is 0 Å². The van der Waals surface area contributed by atoms with E-state index >= 15 is 0 Å². The van der Waals surface area contributed by atoms with Crippen LogP contribution in [0.25, 0.3) is 0 Å². The van der Waals surface area contributed by atoms with Crippen molar-refractivity contribution in [1.82, 2.24) is 0 Å². The van der Waals surface area contributed by atoms with Gasteiger partial charge in [-0.1, -0.05) is 6.07 Å². The fourth-order valence-corrected chi connectivity index (χ4v) is 1.24. The van der Waals surface area contributed by atoms with Gasteiger partial charge in [-0.15, -0.1) is 0 Å². The van der Waals surface area contributed by atoms with Crippen LogP contribution in [-0.2, 0) is 0 Å². The highest BCUT2D eigenvalue weighted by atomic mass is 19.1. The van der Waals surface area contributed by atoms with Crippen LogP contribution in [0.3, 0.4) is 0 Å². The molecule has 1 aromatic carbocycles. The summed E-state index contributed by atoms with van der Waals surface area (Å²) < 4.78 is 12.9. The molecule has 1 aromatic rings. The first-order valence-electron chi connectivity index (χ1n) is 4.21. The normalized spacial score (nSPS) is 15.5. The minimum Gasteiger partial charge on any atom is -0.387 e. The summed E-state index contributed by atoms with van der Waals surface area (Å²) >= 11 is 0. The fourth-order valence-electron chi connectivity index (χ4n) is 1.24. The Balaban J connectivity index is 3.01. The molecular formula is C10H14FNO. The second kappa shape index (κ2) is 3.85. The maximum Gasteiger partial charge on any atom is 0.123 e. The molecule has 0 heterocycles. The lowest BCUT2D eigenvalue weighted by molar-refractivity contribution is 0.153. The van der Waals surface area contributed by atoms with Gasteiger partial charge in [0.2, 0.25) is 0 Å². The molecule has 0 aliphatic rings. The summed E-state index contributed by atoms with van der Waals surface area (Å²) in [5.41, 5.74) is 6.82. The van der Waals surface area contributed by atoms with Gasteiger partial charge in [0.25, 0.3) is 0 Å². The molecule has 0 aliphatic carbocycles. The molecule has 0 radical (unpaired) electrons. The van der Waals surface area contributed by atoms with E-state index < -0.39 is 6.10 Å². The zero-order chi connectivity index (χ0) is 10.0. The molecule has 0 fully saturated rings. The number of hydrogen-bond donors (Lipinski definition) is 2. The number of halogens is 1. The number of aliphatic hydroxyl groups excluding tert-OH is 1. The number of benzene rings is 1. The Kier molecular flexibility index (Phi) is 3.01. The van der Waals surface area contributed by atoms with Crippen molar-refractivity contribution in [3.8, 4) is 0 Å². The smallest absolute Gasteiger partial charge is 0.123 e. The van der Waals surface area contributed by atoms with E-state index in [0.717, 1.165) is 5.56 Å². The molecule has 0 aliphatic heterocycles. The van der Waals surface area contributed by atoms with E-state index in [1.165, 1.54) is 12.1 Å². The largest absolute Gasteiger partial charge is 0.387 e. The Morgan fingerprint density at radius 2 is 2.00 bits per heavy atom. The number of nitrogens with two attached hydrogens (primary N) is 1. The maximum atomic E-state index is 12.9. The second-order valence-electron chi connectivity index (χ2n) is 3.37. The predicted molar refractivity (Wildman–Crippen MR) is 49.7 cm³/mol. The molecule has 0 spiro atoms. The van der Waals surface area contributed by atoms with E-state index in [4.69, 9.17) is 5.73 Å². The van der Waals surface area contributed by atoms with Crippen molar-refractivity contribution in [3.05, 3.63) is 35.1 Å². The van der Waals surface area contributed by atoms with Crippen molar-refractivity contribution in [2.75, 3.05) is 0 Å². The van der Waals surface area contributed by atoms with Gasteiger partial charge in [-0.3, -0.25) is 0 Å². The molecular weight excluding hydrogens is 169 g/mol. The van der Waals surface area contributed by atoms with Gasteiger partial charge in [0, 0.05) is 6.04 Å². The monoisotopic (exact) mass is 183 g/mol. The highest BCUT2D eigenvalue weighted by molar-refractivity contribution is 5.25. The molecule has 0 saturated heterocycles. The van der Waals surface area contributed by atoms with E-state index in [9.17, 15) is 9.50 Å². The molecule has 2 nitrogen and oxygen atoms in total. The summed E-state index contributed by atoms with van der Waals surface area (Å²) in [6.07, 6.45) is -0.797. The lowest BCUT2D eigenvalue weighted by Crippen LogP contribution is -2.24. The van der Waals surface area contributed by atoms with Crippen LogP contribution >= 0.6 is 0 Å². The average molecular weight is 183 g/mol. The Labute approximate surface area is 77.2 Å². The molecule has 0 unspecified atom stereocenters. The first kappa shape index (κ1) is 10.2. The third kappa shape index (κ3) is 2.50. The van der Waals surface area contributed by atoms with Crippen molar-refractivity contribution >= 4 is 0 Å². The Morgan fingerprint density at radius 3 is 2.46 bits per heavy atom. The predicted octanol–water partition coefficient (Wildman–Crippen LogP) is 1.51. The highest BCUT2D eigenvalue weighted by Crippen LogP contribution is 2.18. The van der Waals surface area contributed by atoms with Gasteiger partial charge in [-0.25, -0.2) is 4.39 Å². The summed E-state index contributed by atoms with van der Waals surface area (Å²) in [7, 11) is 0. The summed E-state index contributed by atoms with van der Waals surface area (Å²) in [5, 5.41) is 9.56. The van der Waals surface area contributed by atoms with Gasteiger partial charge >= 0.3 is 0 Å². The van der Waals surface area contributed by atoms with Crippen LogP contribution in [0.5, 0.6) is 0 Å². The molecule has 13 heavy (non-hydrogen) atoms. The molecule has 3 heteroatoms. The van der Waals surface area contributed by atoms with Gasteiger partial charge in [0.05, 0.1) is 6.10 Å². The molecule has 2 atom stereocenters. The van der Waals surface area contributed by atoms with Gasteiger partial charge in [-0.05, 0) is 37.1 Å². The van der Waals surface area contributed by atoms with Crippen LogP contribution in [0, 0.1) is 12.7 Å². The van der Waals surface area contributed by atoms with E-state index in [1.54, 1.807) is 19.9 Å². The standard InChI is InChI=1S/C10H14FNO/c1-6-3-8(5-9(11)4-6)10(13)7(2)12/h3-5,7,10,13H,12H2,1-2H3/t7-,10-/m0/s1. The molecule has 72 valence electrons. The second-order valence-corrected chi connectivity index (χ2v) is 3.37. The number of aliphatic hydroxyl groups is 1. The van der Waals surface area contributed by atoms with E-state index in [0.29, 0.717) is 5.56 Å². The molecule has 0 saturated carbocycles. The fraction of sp³-hybridized carbons (Fsp3) is 0.400. The molecule has 0 amide bonds. The number of hydrogen-bond acceptors (Lipinski definition) is 2. The van der Waals surface area contributed by atoms with Crippen LogP contribution in [-0.4, -0.2) is 11.1 Å². The van der Waals surface area contributed by atoms with Gasteiger partial charge in [0.1, 0.15) is 5.82 Å². The quantitative estimate of drug-likeness (QED) is 0.730. The van der Waals surface area contributed by atoms with E-state index in [2.05, 4.69) is 0 Å². The Hall–Kier alpha value is -0.930. The molecule has 3 N–H and O–H groups in total. The topological polar surface area (TPSA) is 46.2 Å². The SMILES string of the molecule is Cc1cc(F)cc([C@@H](O)[C@H](C)N)c1. The Bertz CT molecular complexity index is 279. The first-order chi connectivity index (χ1) is 6.00. The zero-order valence-electron chi connectivity index (χ0n) is 7.79. The lowest BCUT2D eigenvalue weighted by atomic mass is 10.0. The third-order valence-corrected chi connectivity index (χ3v) is 1.90. The van der Waals surface area contributed by atoms with Crippen LogP contribution in [0.2, 0.25) is 0 Å². The number of rotatable bonds is 2. The maximum absolute atomic E-state index is 12.9. The van der Waals surface area contributed by atoms with Crippen molar-refractivity contribution in [1.29, 1.82) is 0 Å². The summed E-state index contributed by atoms with van der Waals surface area (Å²) in [6, 6.07) is 4.07. The molecule has 1 rings (SSSR count). The van der Waals surface area contributed by atoms with Gasteiger partial charge < -0.3 is 10.8 Å². The van der Waals surface area contributed by atoms with Crippen molar-refractivity contribution in [3.63, 3.8) is 0 Å². The zero-order valence-corrected chi connectivity index (χ0v) is 7.79. The minimum atomic E-state index is -0.797. The van der Waals surface area contributed by atoms with Crippen LogP contribution in [0.1, 0.15) is 24.2 Å². The van der Waals surface area contributed by atoms with Crippen molar-refractivity contribution in [2.24, 2.45) is 5.73 Å². The molecule has 0 aromatic heterocycles. The lowest BCUT2D eigenvalue weighted by Gasteiger charge is -2.15. The van der Waals surface area contributed by atoms with E-state index in [-0.39, 0.29) is 11.9 Å². The minimum absolute atomic E-state index is 0.338. The van der Waals surface area contributed by atoms with Crippen molar-refractivity contribution in [2.45, 2.75) is 26.0 Å². The first-order valence-corrected chi connectivity index (χ1v) is 4.21. The molecule has 0 bridgehead atoms. The Morgan fingerprint density at radius 1 is 1.38 bits per heavy atom. The third-order valence-electron chi connectivity index (χ3n) is 1.90. The summed E-state index contributed by atoms with van der Waals surface area (Å²) in [5.74, 6) is -0.338. The van der Waals surface area contributed by atoms with Crippen LogP contribution < -0.4 is 5.73 Å². The average Bonchev–Trinajstić information content (AvgIpc) is 2.01. The summed E-state index contributed by atoms with van der Waals surface area (Å²) in [6.45, 7) is 3.46. The highest BCUT2D eigenvalue weighted by Gasteiger charge is 2.13. The van der Waals surface area contributed by atoms with Crippen molar-refractivity contribution < 1.29 is 9.50 Å². The van der Waals surface area contributed by atoms with Crippen LogP contribution in [0.4, 0.5) is 4.39 Å². The van der Waals surface area contributed by atoms with Gasteiger partial charge in [-0.2, -0.15) is 0 Å².